The van der Waals surface area contributed by atoms with Gasteiger partial charge in [-0.1, -0.05) is 19.9 Å². The Labute approximate surface area is 127 Å². The molecule has 0 atom stereocenters. The van der Waals surface area contributed by atoms with Crippen LogP contribution in [0.3, 0.4) is 0 Å². The number of hydrogen-bond acceptors (Lipinski definition) is 2. The lowest BCUT2D eigenvalue weighted by Crippen LogP contribution is -2.39. The monoisotopic (exact) mass is 296 g/mol. The van der Waals surface area contributed by atoms with Gasteiger partial charge in [0.25, 0.3) is 0 Å². The fourth-order valence-corrected chi connectivity index (χ4v) is 3.01. The summed E-state index contributed by atoms with van der Waals surface area (Å²) in [5, 5.41) is 3.10. The number of halogens is 1. The van der Waals surface area contributed by atoms with E-state index in [0.717, 1.165) is 24.7 Å². The number of carbonyl (C=O) groups is 1. The van der Waals surface area contributed by atoms with Gasteiger partial charge >= 0.3 is 0 Å². The van der Waals surface area contributed by atoms with Gasteiger partial charge in [-0.05, 0) is 57.1 Å². The fraction of sp³-hybridized carbons (Fsp3) is 0.706. The van der Waals surface area contributed by atoms with Gasteiger partial charge in [-0.25, -0.2) is 4.39 Å². The minimum absolute atomic E-state index is 0.00301. The van der Waals surface area contributed by atoms with Crippen LogP contribution in [-0.2, 0) is 4.79 Å². The number of allylic oxidation sites excluding steroid dienone is 3. The standard InChI is InChI=1S/C16H24FNO.CH5N/c1-11(2)12-5-9-15(10-6-12)18-16(19)13-3-7-14(17)8-4-13;1-2/h3,7,11-12,15H,4-6,8-10H2,1-2H3,(H,18,19);2H2,1H3. The summed E-state index contributed by atoms with van der Waals surface area (Å²) < 4.78 is 12.9. The molecule has 2 aliphatic rings. The largest absolute Gasteiger partial charge is 0.350 e. The summed E-state index contributed by atoms with van der Waals surface area (Å²) in [5.41, 5.74) is 5.22. The molecule has 0 unspecified atom stereocenters. The Morgan fingerprint density at radius 1 is 1.19 bits per heavy atom. The molecule has 2 aliphatic carbocycles. The minimum atomic E-state index is -0.131. The summed E-state index contributed by atoms with van der Waals surface area (Å²) in [6.45, 7) is 4.55. The van der Waals surface area contributed by atoms with Crippen LogP contribution in [0.15, 0.2) is 23.6 Å². The zero-order valence-electron chi connectivity index (χ0n) is 13.5. The molecule has 0 aromatic heterocycles. The van der Waals surface area contributed by atoms with Crippen LogP contribution in [0, 0.1) is 11.8 Å². The lowest BCUT2D eigenvalue weighted by molar-refractivity contribution is -0.118. The van der Waals surface area contributed by atoms with Crippen LogP contribution < -0.4 is 11.1 Å². The highest BCUT2D eigenvalue weighted by Crippen LogP contribution is 2.30. The van der Waals surface area contributed by atoms with Crippen molar-refractivity contribution in [1.29, 1.82) is 0 Å². The summed E-state index contributed by atoms with van der Waals surface area (Å²) in [5.74, 6) is 1.41. The van der Waals surface area contributed by atoms with E-state index >= 15 is 0 Å². The molecule has 4 heteroatoms. The molecular formula is C17H29FN2O. The predicted molar refractivity (Wildman–Crippen MR) is 85.3 cm³/mol. The molecule has 1 saturated carbocycles. The molecule has 3 N–H and O–H groups in total. The number of hydrogen-bond donors (Lipinski definition) is 2. The number of nitrogens with two attached hydrogens (primary N) is 1. The first-order valence-corrected chi connectivity index (χ1v) is 8.00. The van der Waals surface area contributed by atoms with Crippen LogP contribution in [0.25, 0.3) is 0 Å². The molecule has 0 spiro atoms. The van der Waals surface area contributed by atoms with Crippen LogP contribution in [0.5, 0.6) is 0 Å². The maximum Gasteiger partial charge on any atom is 0.247 e. The van der Waals surface area contributed by atoms with Crippen molar-refractivity contribution < 1.29 is 9.18 Å². The normalized spacial score (nSPS) is 25.4. The average molecular weight is 296 g/mol. The maximum absolute atomic E-state index is 12.9. The van der Waals surface area contributed by atoms with Crippen molar-refractivity contribution in [3.63, 3.8) is 0 Å². The van der Waals surface area contributed by atoms with Crippen molar-refractivity contribution in [1.82, 2.24) is 5.32 Å². The second-order valence-electron chi connectivity index (χ2n) is 6.13. The van der Waals surface area contributed by atoms with E-state index in [-0.39, 0.29) is 11.7 Å². The van der Waals surface area contributed by atoms with Gasteiger partial charge in [0.05, 0.1) is 0 Å². The van der Waals surface area contributed by atoms with E-state index in [2.05, 4.69) is 24.9 Å². The lowest BCUT2D eigenvalue weighted by atomic mass is 9.79. The van der Waals surface area contributed by atoms with Crippen molar-refractivity contribution in [2.75, 3.05) is 7.05 Å². The molecule has 0 saturated heterocycles. The molecular weight excluding hydrogens is 267 g/mol. The van der Waals surface area contributed by atoms with E-state index in [1.54, 1.807) is 6.08 Å². The highest BCUT2D eigenvalue weighted by Gasteiger charge is 2.25. The highest BCUT2D eigenvalue weighted by atomic mass is 19.1. The second-order valence-corrected chi connectivity index (χ2v) is 6.13. The first-order valence-electron chi connectivity index (χ1n) is 8.00. The summed E-state index contributed by atoms with van der Waals surface area (Å²) in [6.07, 6.45) is 8.47. The van der Waals surface area contributed by atoms with Gasteiger partial charge < -0.3 is 11.1 Å². The van der Waals surface area contributed by atoms with E-state index in [1.807, 2.05) is 0 Å². The van der Waals surface area contributed by atoms with Gasteiger partial charge in [0.2, 0.25) is 5.91 Å². The van der Waals surface area contributed by atoms with E-state index in [1.165, 1.54) is 26.0 Å². The summed E-state index contributed by atoms with van der Waals surface area (Å²) in [7, 11) is 1.50. The van der Waals surface area contributed by atoms with Gasteiger partial charge in [0.1, 0.15) is 5.83 Å². The van der Waals surface area contributed by atoms with Crippen molar-refractivity contribution >= 4 is 5.91 Å². The second kappa shape index (κ2) is 8.98. The number of rotatable bonds is 3. The molecule has 0 radical (unpaired) electrons. The number of nitrogens with one attached hydrogen (secondary N) is 1. The van der Waals surface area contributed by atoms with Crippen molar-refractivity contribution in [3.05, 3.63) is 23.6 Å². The smallest absolute Gasteiger partial charge is 0.247 e. The third kappa shape index (κ3) is 5.62. The van der Waals surface area contributed by atoms with Crippen LogP contribution in [0.1, 0.15) is 52.4 Å². The van der Waals surface area contributed by atoms with Gasteiger partial charge in [-0.2, -0.15) is 0 Å². The van der Waals surface area contributed by atoms with Crippen molar-refractivity contribution in [2.45, 2.75) is 58.4 Å². The molecule has 0 aromatic rings. The Morgan fingerprint density at radius 2 is 1.81 bits per heavy atom. The zero-order valence-corrected chi connectivity index (χ0v) is 13.5. The molecule has 21 heavy (non-hydrogen) atoms. The van der Waals surface area contributed by atoms with Crippen LogP contribution >= 0.6 is 0 Å². The van der Waals surface area contributed by atoms with Crippen LogP contribution in [-0.4, -0.2) is 19.0 Å². The molecule has 120 valence electrons. The Morgan fingerprint density at radius 3 is 2.29 bits per heavy atom. The Kier molecular flexibility index (Phi) is 7.65. The molecule has 0 heterocycles. The molecule has 0 bridgehead atoms. The van der Waals surface area contributed by atoms with Gasteiger partial charge in [-0.15, -0.1) is 0 Å². The molecule has 3 nitrogen and oxygen atoms in total. The zero-order chi connectivity index (χ0) is 15.8. The van der Waals surface area contributed by atoms with E-state index in [9.17, 15) is 9.18 Å². The van der Waals surface area contributed by atoms with E-state index in [0.29, 0.717) is 24.5 Å². The first kappa shape index (κ1) is 17.9. The Hall–Kier alpha value is -1.16. The van der Waals surface area contributed by atoms with Gasteiger partial charge in [0, 0.05) is 18.0 Å². The molecule has 0 aliphatic heterocycles. The van der Waals surface area contributed by atoms with Gasteiger partial charge in [0.15, 0.2) is 0 Å². The third-order valence-electron chi connectivity index (χ3n) is 4.44. The quantitative estimate of drug-likeness (QED) is 0.838. The maximum atomic E-state index is 12.9. The SMILES string of the molecule is CC(C)C1CCC(NC(=O)C2=CC=C(F)CC2)CC1.CN. The topological polar surface area (TPSA) is 55.1 Å². The van der Waals surface area contributed by atoms with Crippen molar-refractivity contribution in [2.24, 2.45) is 17.6 Å². The van der Waals surface area contributed by atoms with Crippen molar-refractivity contribution in [3.8, 4) is 0 Å². The minimum Gasteiger partial charge on any atom is -0.350 e. The van der Waals surface area contributed by atoms with E-state index in [4.69, 9.17) is 0 Å². The summed E-state index contributed by atoms with van der Waals surface area (Å²) in [6, 6.07) is 0.305. The fourth-order valence-electron chi connectivity index (χ4n) is 3.01. The number of amides is 1. The average Bonchev–Trinajstić information content (AvgIpc) is 2.50. The molecule has 0 aromatic carbocycles. The number of carbonyl (C=O) groups excluding carboxylic acids is 1. The van der Waals surface area contributed by atoms with Crippen LogP contribution in [0.4, 0.5) is 4.39 Å². The third-order valence-corrected chi connectivity index (χ3v) is 4.44. The first-order chi connectivity index (χ1) is 10.1. The summed E-state index contributed by atoms with van der Waals surface area (Å²) in [4.78, 5) is 12.1. The summed E-state index contributed by atoms with van der Waals surface area (Å²) >= 11 is 0. The van der Waals surface area contributed by atoms with Crippen LogP contribution in [0.2, 0.25) is 0 Å². The predicted octanol–water partition coefficient (Wildman–Crippen LogP) is 3.47. The molecule has 1 amide bonds. The highest BCUT2D eigenvalue weighted by molar-refractivity contribution is 5.94. The van der Waals surface area contributed by atoms with E-state index < -0.39 is 0 Å². The Balaban J connectivity index is 0.00000106. The Bertz CT molecular complexity index is 394. The lowest BCUT2D eigenvalue weighted by Gasteiger charge is -2.31. The van der Waals surface area contributed by atoms with Gasteiger partial charge in [-0.3, -0.25) is 4.79 Å². The molecule has 1 fully saturated rings. The molecule has 2 rings (SSSR count).